The molecule has 3 rings (SSSR count). The summed E-state index contributed by atoms with van der Waals surface area (Å²) >= 11 is 0. The van der Waals surface area contributed by atoms with E-state index in [-0.39, 0.29) is 11.8 Å². The van der Waals surface area contributed by atoms with E-state index >= 15 is 0 Å². The molecule has 0 fully saturated rings. The number of hydrogen-bond donors (Lipinski definition) is 1. The second-order valence-electron chi connectivity index (χ2n) is 7.59. The maximum Gasteiger partial charge on any atom is 0.289 e. The average molecular weight is 383 g/mol. The van der Waals surface area contributed by atoms with Gasteiger partial charge in [0.1, 0.15) is 5.69 Å². The Morgan fingerprint density at radius 2 is 2.11 bits per heavy atom. The Labute approximate surface area is 166 Å². The van der Waals surface area contributed by atoms with Gasteiger partial charge in [0.2, 0.25) is 0 Å². The first kappa shape index (κ1) is 20.1. The molecule has 1 aliphatic heterocycles. The Bertz CT molecular complexity index is 856. The lowest BCUT2D eigenvalue weighted by atomic mass is 10.1. The number of rotatable bonds is 7. The molecule has 1 N–H and O–H groups in total. The van der Waals surface area contributed by atoms with Crippen molar-refractivity contribution in [2.75, 3.05) is 13.6 Å². The highest BCUT2D eigenvalue weighted by Crippen LogP contribution is 2.22. The summed E-state index contributed by atoms with van der Waals surface area (Å²) in [5, 5.41) is 2.97. The number of hydrogen-bond acceptors (Lipinski definition) is 3. The van der Waals surface area contributed by atoms with Gasteiger partial charge in [-0.2, -0.15) is 0 Å². The Hall–Kier alpha value is -2.63. The highest BCUT2D eigenvalue weighted by molar-refractivity contribution is 5.97. The number of carbonyl (C=O) groups excluding carboxylic acids is 2. The van der Waals surface area contributed by atoms with Crippen molar-refractivity contribution in [3.8, 4) is 0 Å². The van der Waals surface area contributed by atoms with E-state index in [1.807, 2.05) is 29.7 Å². The van der Waals surface area contributed by atoms with Crippen molar-refractivity contribution in [1.29, 1.82) is 0 Å². The fraction of sp³-hybridized carbons (Fsp3) is 0.500. The number of unbranched alkanes of at least 4 members (excludes halogenated alkanes) is 1. The molecule has 0 atom stereocenters. The van der Waals surface area contributed by atoms with E-state index in [9.17, 15) is 9.59 Å². The number of carbonyl (C=O) groups is 2. The van der Waals surface area contributed by atoms with Gasteiger partial charge in [-0.3, -0.25) is 9.59 Å². The monoisotopic (exact) mass is 382 g/mol. The largest absolute Gasteiger partial charge is 0.347 e. The van der Waals surface area contributed by atoms with E-state index in [1.54, 1.807) is 11.9 Å². The molecule has 6 nitrogen and oxygen atoms in total. The number of aromatic nitrogens is 2. The zero-order chi connectivity index (χ0) is 20.1. The zero-order valence-electron chi connectivity index (χ0n) is 17.1. The Balaban J connectivity index is 1.80. The van der Waals surface area contributed by atoms with E-state index in [0.29, 0.717) is 24.6 Å². The molecule has 150 valence electrons. The van der Waals surface area contributed by atoms with Crippen molar-refractivity contribution in [3.05, 3.63) is 52.6 Å². The van der Waals surface area contributed by atoms with Crippen LogP contribution in [0.5, 0.6) is 0 Å². The fourth-order valence-corrected chi connectivity index (χ4v) is 3.64. The molecule has 0 spiro atoms. The third kappa shape index (κ3) is 4.43. The molecule has 0 saturated heterocycles. The van der Waals surface area contributed by atoms with Gasteiger partial charge in [0.05, 0.1) is 5.69 Å². The lowest BCUT2D eigenvalue weighted by molar-refractivity contribution is 0.0775. The summed E-state index contributed by atoms with van der Waals surface area (Å²) in [5.74, 6) is 0.0887. The van der Waals surface area contributed by atoms with Crippen LogP contribution in [0.4, 0.5) is 0 Å². The summed E-state index contributed by atoms with van der Waals surface area (Å²) in [5.41, 5.74) is 3.51. The first-order valence-electron chi connectivity index (χ1n) is 10.2. The van der Waals surface area contributed by atoms with Crippen LogP contribution in [0.2, 0.25) is 0 Å². The smallest absolute Gasteiger partial charge is 0.289 e. The molecule has 1 aromatic carbocycles. The molecule has 6 heteroatoms. The molecule has 0 aliphatic carbocycles. The number of amides is 2. The molecule has 0 radical (unpaired) electrons. The normalized spacial score (nSPS) is 13.1. The van der Waals surface area contributed by atoms with Gasteiger partial charge in [-0.25, -0.2) is 4.98 Å². The summed E-state index contributed by atoms with van der Waals surface area (Å²) in [6.45, 7) is 6.03. The first-order valence-corrected chi connectivity index (χ1v) is 10.2. The predicted molar refractivity (Wildman–Crippen MR) is 109 cm³/mol. The lowest BCUT2D eigenvalue weighted by Crippen LogP contribution is -2.31. The zero-order valence-corrected chi connectivity index (χ0v) is 17.1. The van der Waals surface area contributed by atoms with Crippen molar-refractivity contribution in [2.24, 2.45) is 0 Å². The number of benzene rings is 1. The van der Waals surface area contributed by atoms with Gasteiger partial charge in [-0.15, -0.1) is 0 Å². The lowest BCUT2D eigenvalue weighted by Gasteiger charge is -2.20. The Kier molecular flexibility index (Phi) is 6.49. The van der Waals surface area contributed by atoms with Crippen LogP contribution >= 0.6 is 0 Å². The minimum atomic E-state index is -0.206. The second kappa shape index (κ2) is 9.04. The second-order valence-corrected chi connectivity index (χ2v) is 7.59. The van der Waals surface area contributed by atoms with E-state index in [2.05, 4.69) is 23.3 Å². The third-order valence-electron chi connectivity index (χ3n) is 5.25. The highest BCUT2D eigenvalue weighted by Gasteiger charge is 2.28. The minimum absolute atomic E-state index is 0.102. The van der Waals surface area contributed by atoms with Crippen molar-refractivity contribution >= 4 is 11.8 Å². The predicted octanol–water partition coefficient (Wildman–Crippen LogP) is 3.33. The molecule has 1 aliphatic rings. The molecule has 2 heterocycles. The Morgan fingerprint density at radius 3 is 2.86 bits per heavy atom. The molecule has 2 aromatic rings. The maximum atomic E-state index is 12.9. The van der Waals surface area contributed by atoms with E-state index < -0.39 is 0 Å². The van der Waals surface area contributed by atoms with Gasteiger partial charge < -0.3 is 14.8 Å². The van der Waals surface area contributed by atoms with Crippen LogP contribution < -0.4 is 5.32 Å². The molecule has 1 aromatic heterocycles. The summed E-state index contributed by atoms with van der Waals surface area (Å²) < 4.78 is 1.95. The Morgan fingerprint density at radius 1 is 1.29 bits per heavy atom. The molecule has 0 saturated carbocycles. The van der Waals surface area contributed by atoms with Crippen LogP contribution in [0.3, 0.4) is 0 Å². The van der Waals surface area contributed by atoms with Crippen LogP contribution in [0.25, 0.3) is 0 Å². The quantitative estimate of drug-likeness (QED) is 0.799. The van der Waals surface area contributed by atoms with Crippen molar-refractivity contribution in [2.45, 2.75) is 59.0 Å². The van der Waals surface area contributed by atoms with Crippen LogP contribution in [-0.4, -0.2) is 39.9 Å². The van der Waals surface area contributed by atoms with Gasteiger partial charge in [0.25, 0.3) is 11.8 Å². The van der Waals surface area contributed by atoms with Gasteiger partial charge in [-0.1, -0.05) is 43.2 Å². The number of imidazole rings is 1. The van der Waals surface area contributed by atoms with Crippen LogP contribution in [0.1, 0.15) is 70.5 Å². The first-order chi connectivity index (χ1) is 13.5. The molecular weight excluding hydrogens is 352 g/mol. The minimum Gasteiger partial charge on any atom is -0.347 e. The molecular formula is C22H30N4O2. The highest BCUT2D eigenvalue weighted by atomic mass is 16.2. The van der Waals surface area contributed by atoms with Gasteiger partial charge >= 0.3 is 0 Å². The molecule has 2 amide bonds. The number of nitrogens with one attached hydrogen (secondary N) is 1. The summed E-state index contributed by atoms with van der Waals surface area (Å²) in [6.07, 6.45) is 4.80. The van der Waals surface area contributed by atoms with Gasteiger partial charge in [0.15, 0.2) is 5.82 Å². The standard InChI is InChI=1S/C22H30N4O2/c1-4-5-12-25(3)22(28)20-24-19(18-11-6-7-13-26(18)20)21(27)23-15-17-10-8-9-16(2)14-17/h8-10,14H,4-7,11-13,15H2,1-3H3,(H,23,27). The number of aryl methyl sites for hydroxylation is 1. The molecule has 28 heavy (non-hydrogen) atoms. The number of nitrogens with zero attached hydrogens (tertiary/aromatic N) is 3. The summed E-state index contributed by atoms with van der Waals surface area (Å²) in [4.78, 5) is 31.9. The van der Waals surface area contributed by atoms with Crippen LogP contribution in [0, 0.1) is 6.92 Å². The molecule has 0 unspecified atom stereocenters. The van der Waals surface area contributed by atoms with Crippen molar-refractivity contribution in [1.82, 2.24) is 19.8 Å². The van der Waals surface area contributed by atoms with Gasteiger partial charge in [-0.05, 0) is 38.2 Å². The third-order valence-corrected chi connectivity index (χ3v) is 5.25. The van der Waals surface area contributed by atoms with E-state index in [0.717, 1.165) is 55.5 Å². The summed E-state index contributed by atoms with van der Waals surface area (Å²) in [6, 6.07) is 8.07. The maximum absolute atomic E-state index is 12.9. The molecule has 0 bridgehead atoms. The summed E-state index contributed by atoms with van der Waals surface area (Å²) in [7, 11) is 1.81. The van der Waals surface area contributed by atoms with Crippen LogP contribution in [-0.2, 0) is 19.5 Å². The van der Waals surface area contributed by atoms with E-state index in [4.69, 9.17) is 0 Å². The van der Waals surface area contributed by atoms with E-state index in [1.165, 1.54) is 0 Å². The average Bonchev–Trinajstić information content (AvgIpc) is 3.09. The van der Waals surface area contributed by atoms with Crippen molar-refractivity contribution < 1.29 is 9.59 Å². The van der Waals surface area contributed by atoms with Crippen molar-refractivity contribution in [3.63, 3.8) is 0 Å². The van der Waals surface area contributed by atoms with Crippen LogP contribution in [0.15, 0.2) is 24.3 Å². The SMILES string of the molecule is CCCCN(C)C(=O)c1nc(C(=O)NCc2cccc(C)c2)c2n1CCCC2. The van der Waals surface area contributed by atoms with Gasteiger partial charge in [0, 0.05) is 26.7 Å². The topological polar surface area (TPSA) is 67.2 Å². The number of fused-ring (bicyclic) bond motifs is 1. The fourth-order valence-electron chi connectivity index (χ4n) is 3.64.